The lowest BCUT2D eigenvalue weighted by atomic mass is 10.0. The number of carbonyl (C=O) groups excluding carboxylic acids is 3. The predicted molar refractivity (Wildman–Crippen MR) is 244 cm³/mol. The second kappa shape index (κ2) is 19.2. The van der Waals surface area contributed by atoms with Crippen molar-refractivity contribution in [3.63, 3.8) is 0 Å². The lowest BCUT2D eigenvalue weighted by Crippen LogP contribution is -2.49. The summed E-state index contributed by atoms with van der Waals surface area (Å²) in [5.41, 5.74) is 13.3. The van der Waals surface area contributed by atoms with Crippen LogP contribution in [0.25, 0.3) is 22.5 Å². The van der Waals surface area contributed by atoms with Crippen molar-refractivity contribution < 1.29 is 19.1 Å². The topological polar surface area (TPSA) is 166 Å². The zero-order chi connectivity index (χ0) is 44.0. The fourth-order valence-electron chi connectivity index (χ4n) is 9.30. The summed E-state index contributed by atoms with van der Waals surface area (Å²) in [4.78, 5) is 63.3. The molecule has 0 saturated carbocycles. The Balaban J connectivity index is 0.829. The number of hydrogen-bond donors (Lipinski definition) is 4. The number of methoxy groups -OCH3 is 1. The third-order valence-electron chi connectivity index (χ3n) is 12.7. The largest absolute Gasteiger partial charge is 0.383 e. The molecule has 3 aliphatic rings. The van der Waals surface area contributed by atoms with Crippen LogP contribution in [0.5, 0.6) is 0 Å². The van der Waals surface area contributed by atoms with E-state index in [4.69, 9.17) is 15.5 Å². The molecule has 3 fully saturated rings. The van der Waals surface area contributed by atoms with Gasteiger partial charge in [-0.05, 0) is 85.0 Å². The fourth-order valence-corrected chi connectivity index (χ4v) is 9.30. The minimum absolute atomic E-state index is 0.0117. The lowest BCUT2D eigenvalue weighted by Gasteiger charge is -2.31. The molecular formula is C51H53N9O4. The van der Waals surface area contributed by atoms with Crippen molar-refractivity contribution in [2.75, 3.05) is 33.4 Å². The van der Waals surface area contributed by atoms with Gasteiger partial charge in [-0.25, -0.2) is 14.8 Å². The SMILES string of the molecule is COC[C@H]1CCCN1C(=O)N[C@@H](C(=O)N1CCC[C@H]1c1ncc(-c2ccc(C#Cc3ccc(-c4cnc([C@@H]5CCCN5C(=O)[C@H](N)c5ccccc5)[nH]4)cc3)cc2)[nH]1)c1ccccc1. The average Bonchev–Trinajstić information content (AvgIpc) is 4.20. The Hall–Kier alpha value is -7.01. The van der Waals surface area contributed by atoms with E-state index < -0.39 is 12.1 Å². The first-order valence-corrected chi connectivity index (χ1v) is 22.2. The summed E-state index contributed by atoms with van der Waals surface area (Å²) >= 11 is 0. The van der Waals surface area contributed by atoms with Crippen molar-refractivity contribution in [2.45, 2.75) is 68.7 Å². The van der Waals surface area contributed by atoms with E-state index in [0.29, 0.717) is 26.2 Å². The quantitative estimate of drug-likeness (QED) is 0.0983. The Labute approximate surface area is 373 Å². The number of amides is 4. The molecule has 2 aromatic heterocycles. The van der Waals surface area contributed by atoms with Crippen LogP contribution in [0.2, 0.25) is 0 Å². The van der Waals surface area contributed by atoms with Crippen LogP contribution in [-0.4, -0.2) is 91.9 Å². The normalized spacial score (nSPS) is 19.3. The molecule has 0 spiro atoms. The Morgan fingerprint density at radius 1 is 0.672 bits per heavy atom. The van der Waals surface area contributed by atoms with E-state index in [2.05, 4.69) is 32.1 Å². The fraction of sp³-hybridized carbons (Fsp3) is 0.314. The van der Waals surface area contributed by atoms with E-state index in [-0.39, 0.29) is 36.0 Å². The van der Waals surface area contributed by atoms with Crippen LogP contribution in [-0.2, 0) is 14.3 Å². The Morgan fingerprint density at radius 2 is 1.16 bits per heavy atom. The molecule has 3 aliphatic heterocycles. The number of aromatic amines is 2. The molecule has 0 aliphatic carbocycles. The van der Waals surface area contributed by atoms with Gasteiger partial charge < -0.3 is 40.5 Å². The highest BCUT2D eigenvalue weighted by Gasteiger charge is 2.39. The molecule has 4 aromatic carbocycles. The number of carbonyl (C=O) groups is 3. The Bertz CT molecular complexity index is 2620. The number of aromatic nitrogens is 4. The van der Waals surface area contributed by atoms with Crippen LogP contribution >= 0.6 is 0 Å². The first-order valence-electron chi connectivity index (χ1n) is 22.2. The number of ether oxygens (including phenoxy) is 1. The van der Waals surface area contributed by atoms with Crippen LogP contribution in [0, 0.1) is 11.8 Å². The van der Waals surface area contributed by atoms with Gasteiger partial charge in [0.25, 0.3) is 0 Å². The molecule has 4 amide bonds. The van der Waals surface area contributed by atoms with Gasteiger partial charge in [0, 0.05) is 37.9 Å². The van der Waals surface area contributed by atoms with Crippen LogP contribution in [0.15, 0.2) is 122 Å². The van der Waals surface area contributed by atoms with Gasteiger partial charge in [-0.2, -0.15) is 0 Å². The number of likely N-dealkylation sites (tertiary alicyclic amines) is 3. The van der Waals surface area contributed by atoms with Gasteiger partial charge in [-0.15, -0.1) is 0 Å². The minimum Gasteiger partial charge on any atom is -0.383 e. The first-order chi connectivity index (χ1) is 31.3. The van der Waals surface area contributed by atoms with Crippen LogP contribution < -0.4 is 11.1 Å². The number of H-pyrrole nitrogens is 2. The van der Waals surface area contributed by atoms with Gasteiger partial charge in [-0.1, -0.05) is 96.8 Å². The van der Waals surface area contributed by atoms with Gasteiger partial charge in [0.05, 0.1) is 48.5 Å². The zero-order valence-electron chi connectivity index (χ0n) is 36.0. The van der Waals surface area contributed by atoms with E-state index >= 15 is 0 Å². The molecule has 13 heteroatoms. The summed E-state index contributed by atoms with van der Waals surface area (Å²) in [6.45, 7) is 2.32. The van der Waals surface area contributed by atoms with Crippen LogP contribution in [0.4, 0.5) is 4.79 Å². The number of benzene rings is 4. The maximum absolute atomic E-state index is 14.4. The molecule has 326 valence electrons. The molecule has 13 nitrogen and oxygen atoms in total. The highest BCUT2D eigenvalue weighted by molar-refractivity contribution is 5.89. The van der Waals surface area contributed by atoms with Crippen molar-refractivity contribution in [1.29, 1.82) is 0 Å². The molecule has 0 bridgehead atoms. The molecule has 3 saturated heterocycles. The van der Waals surface area contributed by atoms with Crippen LogP contribution in [0.3, 0.4) is 0 Å². The molecule has 5 N–H and O–H groups in total. The third-order valence-corrected chi connectivity index (χ3v) is 12.7. The summed E-state index contributed by atoms with van der Waals surface area (Å²) in [5, 5.41) is 3.08. The maximum atomic E-state index is 14.4. The monoisotopic (exact) mass is 855 g/mol. The van der Waals surface area contributed by atoms with Gasteiger partial charge in [0.15, 0.2) is 0 Å². The van der Waals surface area contributed by atoms with E-state index in [1.807, 2.05) is 131 Å². The summed E-state index contributed by atoms with van der Waals surface area (Å²) in [6.07, 6.45) is 8.73. The summed E-state index contributed by atoms with van der Waals surface area (Å²) in [5.74, 6) is 7.80. The van der Waals surface area contributed by atoms with E-state index in [1.54, 1.807) is 12.0 Å². The number of rotatable bonds is 11. The third kappa shape index (κ3) is 9.06. The maximum Gasteiger partial charge on any atom is 0.318 e. The number of imidazole rings is 2. The molecule has 5 atom stereocenters. The number of nitrogens with two attached hydrogens (primary N) is 1. The molecule has 9 rings (SSSR count). The molecule has 6 aromatic rings. The second-order valence-corrected chi connectivity index (χ2v) is 16.8. The highest BCUT2D eigenvalue weighted by Crippen LogP contribution is 2.36. The van der Waals surface area contributed by atoms with Crippen molar-refractivity contribution >= 4 is 17.8 Å². The standard InChI is InChI=1S/C51H53N9O4/c1-64-33-40-15-8-28-58(40)51(63)57-46(39-13-6-3-7-14-39)50(62)60-30-10-17-44(60)48-54-32-42(56-48)37-26-22-35(23-27-37)19-18-34-20-24-36(25-21-34)41-31-53-47(55-41)43-16-9-29-59(43)49(61)45(52)38-11-4-2-5-12-38/h2-7,11-14,20-27,31-32,40,43-46H,8-10,15-17,28-30,33,52H2,1H3,(H,53,55)(H,54,56)(H,57,63)/t40-,43+,44+,45-,46-/m1/s1. The first kappa shape index (κ1) is 42.3. The second-order valence-electron chi connectivity index (χ2n) is 16.8. The van der Waals surface area contributed by atoms with E-state index in [1.165, 1.54) is 0 Å². The number of hydrogen-bond acceptors (Lipinski definition) is 7. The summed E-state index contributed by atoms with van der Waals surface area (Å²) in [7, 11) is 1.64. The number of nitrogens with zero attached hydrogens (tertiary/aromatic N) is 5. The predicted octanol–water partition coefficient (Wildman–Crippen LogP) is 7.46. The molecule has 0 radical (unpaired) electrons. The molecular weight excluding hydrogens is 803 g/mol. The zero-order valence-corrected chi connectivity index (χ0v) is 36.0. The highest BCUT2D eigenvalue weighted by atomic mass is 16.5. The van der Waals surface area contributed by atoms with Crippen molar-refractivity contribution in [3.8, 4) is 34.4 Å². The van der Waals surface area contributed by atoms with Crippen molar-refractivity contribution in [3.05, 3.63) is 155 Å². The van der Waals surface area contributed by atoms with Crippen molar-refractivity contribution in [1.82, 2.24) is 40.0 Å². The number of urea groups is 1. The Morgan fingerprint density at radius 3 is 1.69 bits per heavy atom. The van der Waals surface area contributed by atoms with E-state index in [0.717, 1.165) is 94.9 Å². The molecule has 5 heterocycles. The van der Waals surface area contributed by atoms with Gasteiger partial charge in [0.1, 0.15) is 23.7 Å². The smallest absolute Gasteiger partial charge is 0.318 e. The summed E-state index contributed by atoms with van der Waals surface area (Å²) < 4.78 is 5.37. The number of nitrogens with one attached hydrogen (secondary N) is 3. The molecule has 64 heavy (non-hydrogen) atoms. The average molecular weight is 856 g/mol. The van der Waals surface area contributed by atoms with Gasteiger partial charge >= 0.3 is 6.03 Å². The Kier molecular flexibility index (Phi) is 12.7. The van der Waals surface area contributed by atoms with Crippen LogP contribution in [0.1, 0.15) is 96.6 Å². The lowest BCUT2D eigenvalue weighted by molar-refractivity contribution is -0.135. The van der Waals surface area contributed by atoms with Crippen molar-refractivity contribution in [2.24, 2.45) is 5.73 Å². The van der Waals surface area contributed by atoms with Gasteiger partial charge in [0.2, 0.25) is 11.8 Å². The minimum atomic E-state index is -0.831. The summed E-state index contributed by atoms with van der Waals surface area (Å²) in [6, 6.07) is 32.8. The van der Waals surface area contributed by atoms with E-state index in [9.17, 15) is 14.4 Å². The molecule has 0 unspecified atom stereocenters. The van der Waals surface area contributed by atoms with Gasteiger partial charge in [-0.3, -0.25) is 9.59 Å².